The molecule has 0 radical (unpaired) electrons. The summed E-state index contributed by atoms with van der Waals surface area (Å²) >= 11 is 5.61. The van der Waals surface area contributed by atoms with Crippen molar-refractivity contribution in [2.75, 3.05) is 11.1 Å². The third-order valence-corrected chi connectivity index (χ3v) is 2.87. The van der Waals surface area contributed by atoms with E-state index in [1.54, 1.807) is 0 Å². The summed E-state index contributed by atoms with van der Waals surface area (Å²) in [5.41, 5.74) is 5.36. The second kappa shape index (κ2) is 5.20. The first-order valence-electron chi connectivity index (χ1n) is 5.46. The first kappa shape index (κ1) is 14.5. The molecule has 0 aliphatic heterocycles. The monoisotopic (exact) mass is 304 g/mol. The van der Waals surface area contributed by atoms with Gasteiger partial charge in [-0.1, -0.05) is 11.6 Å². The Labute approximate surface area is 117 Å². The first-order valence-corrected chi connectivity index (χ1v) is 5.84. The lowest BCUT2D eigenvalue weighted by Gasteiger charge is -2.13. The van der Waals surface area contributed by atoms with Crippen LogP contribution >= 0.6 is 11.6 Å². The van der Waals surface area contributed by atoms with E-state index in [1.165, 1.54) is 18.2 Å². The highest BCUT2D eigenvalue weighted by molar-refractivity contribution is 6.31. The van der Waals surface area contributed by atoms with E-state index in [9.17, 15) is 17.6 Å². The maximum absolute atomic E-state index is 13.0. The van der Waals surface area contributed by atoms with Gasteiger partial charge in [-0.25, -0.2) is 4.39 Å². The number of nitrogen functional groups attached to an aromatic ring is 1. The molecular weight excluding hydrogens is 296 g/mol. The zero-order valence-electron chi connectivity index (χ0n) is 9.93. The standard InChI is InChI=1S/C13H9ClF4N2/c14-9-6-8(2-3-10(9)15)20-12-4-1-7(5-11(12)19)13(16,17)18/h1-6,20H,19H2. The van der Waals surface area contributed by atoms with Crippen molar-refractivity contribution in [2.45, 2.75) is 6.18 Å². The first-order chi connectivity index (χ1) is 9.27. The number of halogens is 5. The van der Waals surface area contributed by atoms with Crippen molar-refractivity contribution in [1.29, 1.82) is 0 Å². The number of nitrogens with one attached hydrogen (secondary N) is 1. The van der Waals surface area contributed by atoms with Gasteiger partial charge in [-0.2, -0.15) is 13.2 Å². The Morgan fingerprint density at radius 2 is 1.75 bits per heavy atom. The maximum Gasteiger partial charge on any atom is 0.416 e. The lowest BCUT2D eigenvalue weighted by molar-refractivity contribution is -0.137. The molecule has 0 unspecified atom stereocenters. The fourth-order valence-corrected chi connectivity index (χ4v) is 1.76. The maximum atomic E-state index is 13.0. The molecule has 20 heavy (non-hydrogen) atoms. The largest absolute Gasteiger partial charge is 0.416 e. The highest BCUT2D eigenvalue weighted by atomic mass is 35.5. The summed E-state index contributed by atoms with van der Waals surface area (Å²) in [4.78, 5) is 0. The average molecular weight is 305 g/mol. The summed E-state index contributed by atoms with van der Waals surface area (Å²) < 4.78 is 50.5. The molecule has 2 aromatic rings. The molecule has 106 valence electrons. The molecule has 0 fully saturated rings. The van der Waals surface area contributed by atoms with Gasteiger partial charge in [0.1, 0.15) is 5.82 Å². The quantitative estimate of drug-likeness (QED) is 0.616. The third kappa shape index (κ3) is 3.14. The highest BCUT2D eigenvalue weighted by Crippen LogP contribution is 2.34. The second-order valence-electron chi connectivity index (χ2n) is 4.05. The topological polar surface area (TPSA) is 38.0 Å². The van der Waals surface area contributed by atoms with Crippen LogP contribution in [0.1, 0.15) is 5.56 Å². The number of hydrogen-bond acceptors (Lipinski definition) is 2. The molecule has 0 spiro atoms. The predicted molar refractivity (Wildman–Crippen MR) is 70.5 cm³/mol. The number of alkyl halides is 3. The van der Waals surface area contributed by atoms with Gasteiger partial charge >= 0.3 is 6.18 Å². The Hall–Kier alpha value is -1.95. The van der Waals surface area contributed by atoms with Crippen LogP contribution in [0.15, 0.2) is 36.4 Å². The molecule has 0 heterocycles. The van der Waals surface area contributed by atoms with E-state index in [2.05, 4.69) is 5.32 Å². The zero-order chi connectivity index (χ0) is 14.9. The van der Waals surface area contributed by atoms with E-state index < -0.39 is 17.6 Å². The number of hydrogen-bond donors (Lipinski definition) is 2. The van der Waals surface area contributed by atoms with E-state index in [0.717, 1.165) is 18.2 Å². The van der Waals surface area contributed by atoms with Gasteiger partial charge in [-0.05, 0) is 36.4 Å². The van der Waals surface area contributed by atoms with Crippen LogP contribution in [-0.2, 0) is 6.18 Å². The zero-order valence-corrected chi connectivity index (χ0v) is 10.7. The Balaban J connectivity index is 2.28. The summed E-state index contributed by atoms with van der Waals surface area (Å²) in [6.07, 6.45) is -4.45. The van der Waals surface area contributed by atoms with Gasteiger partial charge in [0.25, 0.3) is 0 Å². The summed E-state index contributed by atoms with van der Waals surface area (Å²) in [6, 6.07) is 6.80. The number of anilines is 3. The normalized spacial score (nSPS) is 11.4. The van der Waals surface area contributed by atoms with Crippen LogP contribution in [-0.4, -0.2) is 0 Å². The van der Waals surface area contributed by atoms with Crippen molar-refractivity contribution in [3.63, 3.8) is 0 Å². The molecule has 0 bridgehead atoms. The SMILES string of the molecule is Nc1cc(C(F)(F)F)ccc1Nc1ccc(F)c(Cl)c1. The molecule has 0 saturated heterocycles. The summed E-state index contributed by atoms with van der Waals surface area (Å²) in [5, 5.41) is 2.68. The van der Waals surface area contributed by atoms with Crippen LogP contribution in [0.2, 0.25) is 5.02 Å². The smallest absolute Gasteiger partial charge is 0.397 e. The Morgan fingerprint density at radius 3 is 2.30 bits per heavy atom. The van der Waals surface area contributed by atoms with Crippen LogP contribution < -0.4 is 11.1 Å². The average Bonchev–Trinajstić information content (AvgIpc) is 2.35. The van der Waals surface area contributed by atoms with Gasteiger partial charge in [-0.3, -0.25) is 0 Å². The summed E-state index contributed by atoms with van der Waals surface area (Å²) in [6.45, 7) is 0. The lowest BCUT2D eigenvalue weighted by atomic mass is 10.1. The Bertz CT molecular complexity index is 641. The third-order valence-electron chi connectivity index (χ3n) is 2.58. The molecule has 3 N–H and O–H groups in total. The van der Waals surface area contributed by atoms with Gasteiger partial charge < -0.3 is 11.1 Å². The minimum atomic E-state index is -4.45. The van der Waals surface area contributed by atoms with Crippen molar-refractivity contribution in [2.24, 2.45) is 0 Å². The van der Waals surface area contributed by atoms with Gasteiger partial charge in [0.15, 0.2) is 0 Å². The van der Waals surface area contributed by atoms with Crippen molar-refractivity contribution in [3.05, 3.63) is 52.8 Å². The summed E-state index contributed by atoms with van der Waals surface area (Å²) in [7, 11) is 0. The van der Waals surface area contributed by atoms with E-state index in [1.807, 2.05) is 0 Å². The number of nitrogens with two attached hydrogens (primary N) is 1. The van der Waals surface area contributed by atoms with Gasteiger partial charge in [0.05, 0.1) is 22.0 Å². The van der Waals surface area contributed by atoms with Gasteiger partial charge in [0.2, 0.25) is 0 Å². The van der Waals surface area contributed by atoms with Gasteiger partial charge in [0, 0.05) is 5.69 Å². The van der Waals surface area contributed by atoms with E-state index in [-0.39, 0.29) is 16.4 Å². The van der Waals surface area contributed by atoms with Gasteiger partial charge in [-0.15, -0.1) is 0 Å². The Morgan fingerprint density at radius 1 is 1.05 bits per heavy atom. The molecule has 2 nitrogen and oxygen atoms in total. The second-order valence-corrected chi connectivity index (χ2v) is 4.46. The minimum absolute atomic E-state index is 0.0692. The molecule has 0 aliphatic rings. The molecule has 2 aromatic carbocycles. The molecule has 2 rings (SSSR count). The summed E-state index contributed by atoms with van der Waals surface area (Å²) in [5.74, 6) is -0.586. The number of benzene rings is 2. The van der Waals surface area contributed by atoms with Crippen LogP contribution in [0.5, 0.6) is 0 Å². The highest BCUT2D eigenvalue weighted by Gasteiger charge is 2.30. The fraction of sp³-hybridized carbons (Fsp3) is 0.0769. The molecule has 0 amide bonds. The molecular formula is C13H9ClF4N2. The van der Waals surface area contributed by atoms with E-state index in [0.29, 0.717) is 5.69 Å². The van der Waals surface area contributed by atoms with Crippen LogP contribution in [0.3, 0.4) is 0 Å². The molecule has 0 atom stereocenters. The number of rotatable bonds is 2. The minimum Gasteiger partial charge on any atom is -0.397 e. The fourth-order valence-electron chi connectivity index (χ4n) is 1.58. The van der Waals surface area contributed by atoms with Crippen molar-refractivity contribution in [3.8, 4) is 0 Å². The molecule has 0 saturated carbocycles. The van der Waals surface area contributed by atoms with E-state index >= 15 is 0 Å². The van der Waals surface area contributed by atoms with Crippen molar-refractivity contribution in [1.82, 2.24) is 0 Å². The van der Waals surface area contributed by atoms with Crippen LogP contribution in [0.25, 0.3) is 0 Å². The molecule has 0 aliphatic carbocycles. The predicted octanol–water partition coefficient (Wildman–Crippen LogP) is 4.82. The molecule has 7 heteroatoms. The lowest BCUT2D eigenvalue weighted by Crippen LogP contribution is -2.06. The molecule has 0 aromatic heterocycles. The van der Waals surface area contributed by atoms with Crippen molar-refractivity contribution >= 4 is 28.7 Å². The Kier molecular flexibility index (Phi) is 3.76. The van der Waals surface area contributed by atoms with Crippen LogP contribution in [0.4, 0.5) is 34.6 Å². The van der Waals surface area contributed by atoms with Crippen LogP contribution in [0, 0.1) is 5.82 Å². The van der Waals surface area contributed by atoms with E-state index in [4.69, 9.17) is 17.3 Å². The van der Waals surface area contributed by atoms with Crippen molar-refractivity contribution < 1.29 is 17.6 Å².